The first-order chi connectivity index (χ1) is 13.3. The van der Waals surface area contributed by atoms with Gasteiger partial charge in [-0.05, 0) is 43.7 Å². The zero-order valence-corrected chi connectivity index (χ0v) is 17.4. The molecule has 0 saturated carbocycles. The molecule has 1 aromatic heterocycles. The Kier molecular flexibility index (Phi) is 6.65. The summed E-state index contributed by atoms with van der Waals surface area (Å²) in [6.07, 6.45) is 0. The number of amides is 2. The Labute approximate surface area is 174 Å². The molecule has 1 atom stereocenters. The molecule has 1 aromatic carbocycles. The van der Waals surface area contributed by atoms with Gasteiger partial charge in [0.1, 0.15) is 5.76 Å². The number of nitrogens with zero attached hydrogens (tertiary/aromatic N) is 2. The van der Waals surface area contributed by atoms with Crippen molar-refractivity contribution in [2.24, 2.45) is 0 Å². The predicted molar refractivity (Wildman–Crippen MR) is 109 cm³/mol. The summed E-state index contributed by atoms with van der Waals surface area (Å²) >= 11 is 12.1. The lowest BCUT2D eigenvalue weighted by Gasteiger charge is -2.34. The quantitative estimate of drug-likeness (QED) is 0.798. The minimum absolute atomic E-state index is 0.0834. The first kappa shape index (κ1) is 20.7. The fraction of sp³-hybridized carbons (Fsp3) is 0.400. The Balaban J connectivity index is 1.47. The molecule has 0 bridgehead atoms. The van der Waals surface area contributed by atoms with Crippen molar-refractivity contribution in [3.05, 3.63) is 57.5 Å². The van der Waals surface area contributed by atoms with Crippen LogP contribution in [0.4, 0.5) is 0 Å². The smallest absolute Gasteiger partial charge is 0.289 e. The van der Waals surface area contributed by atoms with E-state index >= 15 is 0 Å². The molecule has 1 fully saturated rings. The zero-order valence-electron chi connectivity index (χ0n) is 15.9. The van der Waals surface area contributed by atoms with Gasteiger partial charge < -0.3 is 14.6 Å². The Morgan fingerprint density at radius 1 is 1.14 bits per heavy atom. The van der Waals surface area contributed by atoms with Crippen LogP contribution in [0.15, 0.2) is 34.7 Å². The van der Waals surface area contributed by atoms with Crippen LogP contribution in [0, 0.1) is 6.92 Å². The van der Waals surface area contributed by atoms with Crippen LogP contribution in [0.3, 0.4) is 0 Å². The van der Waals surface area contributed by atoms with Gasteiger partial charge in [0.2, 0.25) is 5.91 Å². The number of rotatable bonds is 5. The zero-order chi connectivity index (χ0) is 20.3. The number of nitrogens with one attached hydrogen (secondary N) is 1. The number of piperazine rings is 1. The number of halogens is 2. The normalized spacial score (nSPS) is 16.1. The van der Waals surface area contributed by atoms with Gasteiger partial charge in [0.05, 0.1) is 12.6 Å². The van der Waals surface area contributed by atoms with Gasteiger partial charge >= 0.3 is 0 Å². The van der Waals surface area contributed by atoms with Crippen LogP contribution in [0.1, 0.15) is 34.8 Å². The minimum atomic E-state index is -0.220. The fourth-order valence-electron chi connectivity index (χ4n) is 3.24. The molecule has 6 nitrogen and oxygen atoms in total. The summed E-state index contributed by atoms with van der Waals surface area (Å²) in [6.45, 7) is 6.36. The number of hydrogen-bond donors (Lipinski definition) is 1. The van der Waals surface area contributed by atoms with Gasteiger partial charge in [-0.2, -0.15) is 0 Å². The topological polar surface area (TPSA) is 65.8 Å². The maximum Gasteiger partial charge on any atom is 0.289 e. The highest BCUT2D eigenvalue weighted by atomic mass is 35.5. The fourth-order valence-corrected chi connectivity index (χ4v) is 3.81. The van der Waals surface area contributed by atoms with Crippen molar-refractivity contribution in [2.45, 2.75) is 19.9 Å². The number of aryl methyl sites for hydroxylation is 1. The SMILES string of the molecule is Cc1ccc(C(=O)N2CCN(CC(=O)NC(C)c3ccc(Cl)cc3Cl)CC2)o1. The van der Waals surface area contributed by atoms with E-state index < -0.39 is 0 Å². The molecule has 8 heteroatoms. The van der Waals surface area contributed by atoms with Crippen molar-refractivity contribution >= 4 is 35.0 Å². The summed E-state index contributed by atoms with van der Waals surface area (Å²) in [7, 11) is 0. The molecule has 2 heterocycles. The van der Waals surface area contributed by atoms with Crippen molar-refractivity contribution in [3.63, 3.8) is 0 Å². The van der Waals surface area contributed by atoms with Crippen LogP contribution in [-0.2, 0) is 4.79 Å². The van der Waals surface area contributed by atoms with E-state index in [1.54, 1.807) is 29.2 Å². The van der Waals surface area contributed by atoms with Crippen molar-refractivity contribution in [3.8, 4) is 0 Å². The molecule has 150 valence electrons. The maximum absolute atomic E-state index is 12.4. The van der Waals surface area contributed by atoms with Gasteiger partial charge in [0, 0.05) is 36.2 Å². The largest absolute Gasteiger partial charge is 0.456 e. The number of carbonyl (C=O) groups is 2. The summed E-state index contributed by atoms with van der Waals surface area (Å²) in [5.74, 6) is 0.883. The first-order valence-electron chi connectivity index (χ1n) is 9.16. The van der Waals surface area contributed by atoms with Crippen LogP contribution in [0.2, 0.25) is 10.0 Å². The minimum Gasteiger partial charge on any atom is -0.456 e. The summed E-state index contributed by atoms with van der Waals surface area (Å²) in [5, 5.41) is 4.05. The lowest BCUT2D eigenvalue weighted by atomic mass is 10.1. The van der Waals surface area contributed by atoms with E-state index in [4.69, 9.17) is 27.6 Å². The molecule has 1 unspecified atom stereocenters. The first-order valence-corrected chi connectivity index (χ1v) is 9.91. The third-order valence-corrected chi connectivity index (χ3v) is 5.35. The van der Waals surface area contributed by atoms with Gasteiger partial charge in [0.15, 0.2) is 5.76 Å². The number of hydrogen-bond acceptors (Lipinski definition) is 4. The Morgan fingerprint density at radius 2 is 1.86 bits per heavy atom. The molecule has 28 heavy (non-hydrogen) atoms. The van der Waals surface area contributed by atoms with E-state index in [1.165, 1.54) is 0 Å². The second-order valence-electron chi connectivity index (χ2n) is 6.93. The van der Waals surface area contributed by atoms with Crippen LogP contribution >= 0.6 is 23.2 Å². The standard InChI is InChI=1S/C20H23Cl2N3O3/c1-13-3-6-18(28-13)20(27)25-9-7-24(8-10-25)12-19(26)23-14(2)16-5-4-15(21)11-17(16)22/h3-6,11,14H,7-10,12H2,1-2H3,(H,23,26). The molecule has 0 radical (unpaired) electrons. The van der Waals surface area contributed by atoms with Gasteiger partial charge in [-0.15, -0.1) is 0 Å². The van der Waals surface area contributed by atoms with Crippen molar-refractivity contribution in [1.29, 1.82) is 0 Å². The van der Waals surface area contributed by atoms with Crippen LogP contribution < -0.4 is 5.32 Å². The van der Waals surface area contributed by atoms with Crippen LogP contribution in [0.5, 0.6) is 0 Å². The Hall–Kier alpha value is -2.02. The van der Waals surface area contributed by atoms with Crippen molar-refractivity contribution < 1.29 is 14.0 Å². The van der Waals surface area contributed by atoms with E-state index in [2.05, 4.69) is 5.32 Å². The van der Waals surface area contributed by atoms with Gasteiger partial charge in [0.25, 0.3) is 5.91 Å². The van der Waals surface area contributed by atoms with E-state index in [0.717, 1.165) is 5.56 Å². The molecular weight excluding hydrogens is 401 g/mol. The molecule has 1 saturated heterocycles. The average Bonchev–Trinajstić information content (AvgIpc) is 3.08. The number of furan rings is 1. The van der Waals surface area contributed by atoms with E-state index in [9.17, 15) is 9.59 Å². The van der Waals surface area contributed by atoms with Crippen LogP contribution in [-0.4, -0.2) is 54.3 Å². The molecule has 1 aliphatic rings. The molecule has 1 aliphatic heterocycles. The number of benzene rings is 1. The monoisotopic (exact) mass is 423 g/mol. The van der Waals surface area contributed by atoms with E-state index in [1.807, 2.05) is 24.8 Å². The Morgan fingerprint density at radius 3 is 2.46 bits per heavy atom. The third-order valence-electron chi connectivity index (χ3n) is 4.78. The summed E-state index contributed by atoms with van der Waals surface area (Å²) in [4.78, 5) is 28.6. The highest BCUT2D eigenvalue weighted by Crippen LogP contribution is 2.26. The lowest BCUT2D eigenvalue weighted by molar-refractivity contribution is -0.123. The second-order valence-corrected chi connectivity index (χ2v) is 7.78. The highest BCUT2D eigenvalue weighted by molar-refractivity contribution is 6.35. The van der Waals surface area contributed by atoms with Crippen LogP contribution in [0.25, 0.3) is 0 Å². The third kappa shape index (κ3) is 5.07. The molecular formula is C20H23Cl2N3O3. The van der Waals surface area contributed by atoms with Gasteiger partial charge in [-0.25, -0.2) is 0 Å². The molecule has 2 amide bonds. The van der Waals surface area contributed by atoms with Crippen molar-refractivity contribution in [2.75, 3.05) is 32.7 Å². The van der Waals surface area contributed by atoms with Crippen molar-refractivity contribution in [1.82, 2.24) is 15.1 Å². The lowest BCUT2D eigenvalue weighted by Crippen LogP contribution is -2.51. The number of carbonyl (C=O) groups excluding carboxylic acids is 2. The Bertz CT molecular complexity index is 860. The van der Waals surface area contributed by atoms with Gasteiger partial charge in [-0.3, -0.25) is 14.5 Å². The molecule has 0 aliphatic carbocycles. The summed E-state index contributed by atoms with van der Waals surface area (Å²) in [5.41, 5.74) is 0.823. The molecule has 3 rings (SSSR count). The summed E-state index contributed by atoms with van der Waals surface area (Å²) in [6, 6.07) is 8.49. The highest BCUT2D eigenvalue weighted by Gasteiger charge is 2.25. The predicted octanol–water partition coefficient (Wildman–Crippen LogP) is 3.53. The second kappa shape index (κ2) is 8.99. The maximum atomic E-state index is 12.4. The van der Waals surface area contributed by atoms with E-state index in [-0.39, 0.29) is 24.4 Å². The molecule has 2 aromatic rings. The van der Waals surface area contributed by atoms with Gasteiger partial charge in [-0.1, -0.05) is 29.3 Å². The summed E-state index contributed by atoms with van der Waals surface area (Å²) < 4.78 is 5.40. The molecule has 1 N–H and O–H groups in total. The molecule has 0 spiro atoms. The average molecular weight is 424 g/mol. The van der Waals surface area contributed by atoms with E-state index in [0.29, 0.717) is 47.7 Å².